The molecule has 0 aromatic carbocycles. The van der Waals surface area contributed by atoms with E-state index in [2.05, 4.69) is 5.32 Å². The minimum Gasteiger partial charge on any atom is -0.480 e. The van der Waals surface area contributed by atoms with E-state index in [0.717, 1.165) is 5.75 Å². The van der Waals surface area contributed by atoms with Crippen LogP contribution in [0.3, 0.4) is 0 Å². The molecule has 0 aliphatic rings. The van der Waals surface area contributed by atoms with E-state index in [-0.39, 0.29) is 6.04 Å². The van der Waals surface area contributed by atoms with Crippen LogP contribution >= 0.6 is 11.8 Å². The summed E-state index contributed by atoms with van der Waals surface area (Å²) in [5.41, 5.74) is 0. The first-order chi connectivity index (χ1) is 7.81. The molecule has 0 spiro atoms. The fraction of sp³-hybridized carbons (Fsp3) is 0.800. The van der Waals surface area contributed by atoms with Gasteiger partial charge in [-0.2, -0.15) is 11.8 Å². The first-order valence-electron chi connectivity index (χ1n) is 5.24. The molecule has 7 heteroatoms. The van der Waals surface area contributed by atoms with Gasteiger partial charge in [-0.15, -0.1) is 0 Å². The molecule has 2 amide bonds. The third-order valence-electron chi connectivity index (χ3n) is 2.42. The number of carbonyl (C=O) groups excluding carboxylic acids is 1. The van der Waals surface area contributed by atoms with Crippen LogP contribution in [-0.4, -0.2) is 64.4 Å². The predicted octanol–water partition coefficient (Wildman–Crippen LogP) is 0.213. The standard InChI is InChI=1S/C10H20N2O4S/c1-6(5-17-4)12(3)10(16)11-8(7(2)13)9(14)15/h6-8,13H,5H2,1-4H3,(H,11,16)(H,14,15)/t6?,7-,8+/m1/s1. The number of hydrogen-bond donors (Lipinski definition) is 3. The van der Waals surface area contributed by atoms with Crippen LogP contribution in [-0.2, 0) is 4.79 Å². The fourth-order valence-corrected chi connectivity index (χ4v) is 1.88. The minimum absolute atomic E-state index is 0.00607. The van der Waals surface area contributed by atoms with E-state index in [9.17, 15) is 14.7 Å². The SMILES string of the molecule is CSCC(C)N(C)C(=O)N[C@H](C(=O)O)[C@@H](C)O. The molecule has 0 aliphatic carbocycles. The van der Waals surface area contributed by atoms with Crippen LogP contribution < -0.4 is 5.32 Å². The third-order valence-corrected chi connectivity index (χ3v) is 3.23. The number of carbonyl (C=O) groups is 2. The highest BCUT2D eigenvalue weighted by Gasteiger charge is 2.27. The van der Waals surface area contributed by atoms with E-state index in [1.54, 1.807) is 18.8 Å². The highest BCUT2D eigenvalue weighted by molar-refractivity contribution is 7.98. The van der Waals surface area contributed by atoms with Crippen molar-refractivity contribution in [2.45, 2.75) is 32.0 Å². The molecule has 0 fully saturated rings. The van der Waals surface area contributed by atoms with Gasteiger partial charge in [0, 0.05) is 18.8 Å². The number of amides is 2. The Balaban J connectivity index is 4.45. The van der Waals surface area contributed by atoms with Gasteiger partial charge in [-0.05, 0) is 20.1 Å². The number of aliphatic hydroxyl groups excluding tert-OH is 1. The largest absolute Gasteiger partial charge is 0.480 e. The molecule has 3 N–H and O–H groups in total. The Morgan fingerprint density at radius 1 is 1.41 bits per heavy atom. The zero-order chi connectivity index (χ0) is 13.6. The molecule has 0 radical (unpaired) electrons. The van der Waals surface area contributed by atoms with Crippen LogP contribution in [0.1, 0.15) is 13.8 Å². The van der Waals surface area contributed by atoms with Crippen LogP contribution in [0.5, 0.6) is 0 Å². The van der Waals surface area contributed by atoms with Crippen molar-refractivity contribution in [1.82, 2.24) is 10.2 Å². The zero-order valence-corrected chi connectivity index (χ0v) is 11.3. The summed E-state index contributed by atoms with van der Waals surface area (Å²) in [5.74, 6) is -0.490. The van der Waals surface area contributed by atoms with Gasteiger partial charge >= 0.3 is 12.0 Å². The van der Waals surface area contributed by atoms with Gasteiger partial charge in [-0.3, -0.25) is 0 Å². The van der Waals surface area contributed by atoms with Crippen molar-refractivity contribution in [2.75, 3.05) is 19.1 Å². The lowest BCUT2D eigenvalue weighted by atomic mass is 10.2. The number of thioether (sulfide) groups is 1. The number of aliphatic carboxylic acids is 1. The van der Waals surface area contributed by atoms with Crippen molar-refractivity contribution in [3.8, 4) is 0 Å². The van der Waals surface area contributed by atoms with Gasteiger partial charge in [0.15, 0.2) is 6.04 Å². The molecule has 3 atom stereocenters. The fourth-order valence-electron chi connectivity index (χ4n) is 1.18. The maximum absolute atomic E-state index is 11.7. The van der Waals surface area contributed by atoms with E-state index >= 15 is 0 Å². The summed E-state index contributed by atoms with van der Waals surface area (Å²) in [5, 5.41) is 20.3. The number of aliphatic hydroxyl groups is 1. The number of hydrogen-bond acceptors (Lipinski definition) is 4. The van der Waals surface area contributed by atoms with E-state index in [0.29, 0.717) is 0 Å². The second kappa shape index (κ2) is 7.39. The summed E-state index contributed by atoms with van der Waals surface area (Å²) in [7, 11) is 1.59. The molecule has 0 saturated heterocycles. The van der Waals surface area contributed by atoms with Crippen molar-refractivity contribution < 1.29 is 19.8 Å². The number of nitrogens with one attached hydrogen (secondary N) is 1. The summed E-state index contributed by atoms with van der Waals surface area (Å²) < 4.78 is 0. The van der Waals surface area contributed by atoms with Gasteiger partial charge in [0.1, 0.15) is 0 Å². The molecule has 0 rings (SSSR count). The topological polar surface area (TPSA) is 89.9 Å². The van der Waals surface area contributed by atoms with Gasteiger partial charge in [0.25, 0.3) is 0 Å². The lowest BCUT2D eigenvalue weighted by Crippen LogP contribution is -2.53. The Labute approximate surface area is 105 Å². The maximum Gasteiger partial charge on any atom is 0.328 e. The molecular formula is C10H20N2O4S. The Hall–Kier alpha value is -0.950. The highest BCUT2D eigenvalue weighted by atomic mass is 32.2. The molecule has 17 heavy (non-hydrogen) atoms. The average Bonchev–Trinajstić information content (AvgIpc) is 2.23. The van der Waals surface area contributed by atoms with E-state index < -0.39 is 24.1 Å². The third kappa shape index (κ3) is 5.27. The molecule has 1 unspecified atom stereocenters. The van der Waals surface area contributed by atoms with Crippen molar-refractivity contribution >= 4 is 23.8 Å². The van der Waals surface area contributed by atoms with Gasteiger partial charge in [-0.25, -0.2) is 9.59 Å². The van der Waals surface area contributed by atoms with Crippen LogP contribution in [0.15, 0.2) is 0 Å². The van der Waals surface area contributed by atoms with Crippen molar-refractivity contribution in [1.29, 1.82) is 0 Å². The Kier molecular flexibility index (Phi) is 6.98. The number of carboxylic acids is 1. The van der Waals surface area contributed by atoms with Gasteiger partial charge in [-0.1, -0.05) is 0 Å². The van der Waals surface area contributed by atoms with Gasteiger partial charge in [0.05, 0.1) is 6.10 Å². The number of urea groups is 1. The molecule has 0 aromatic rings. The molecule has 0 heterocycles. The summed E-state index contributed by atoms with van der Waals surface area (Å²) in [4.78, 5) is 23.9. The van der Waals surface area contributed by atoms with E-state index in [4.69, 9.17) is 5.11 Å². The summed E-state index contributed by atoms with van der Waals surface area (Å²) in [6.07, 6.45) is 0.790. The minimum atomic E-state index is -1.29. The number of rotatable bonds is 6. The number of carboxylic acid groups (broad SMARTS) is 1. The molecule has 6 nitrogen and oxygen atoms in total. The summed E-state index contributed by atoms with van der Waals surface area (Å²) >= 11 is 1.60. The van der Waals surface area contributed by atoms with Crippen molar-refractivity contribution in [2.24, 2.45) is 0 Å². The Morgan fingerprint density at radius 2 is 1.94 bits per heavy atom. The monoisotopic (exact) mass is 264 g/mol. The van der Waals surface area contributed by atoms with Gasteiger partial charge in [0.2, 0.25) is 0 Å². The van der Waals surface area contributed by atoms with Crippen LogP contribution in [0.4, 0.5) is 4.79 Å². The molecule has 0 saturated carbocycles. The molecule has 100 valence electrons. The second-order valence-electron chi connectivity index (χ2n) is 3.92. The van der Waals surface area contributed by atoms with Gasteiger partial charge < -0.3 is 20.4 Å². The summed E-state index contributed by atoms with van der Waals surface area (Å²) in [6.45, 7) is 3.19. The first kappa shape index (κ1) is 16.1. The molecule has 0 aliphatic heterocycles. The van der Waals surface area contributed by atoms with Crippen molar-refractivity contribution in [3.05, 3.63) is 0 Å². The molecule has 0 bridgehead atoms. The summed E-state index contributed by atoms with van der Waals surface area (Å²) in [6, 6.07) is -1.79. The second-order valence-corrected chi connectivity index (χ2v) is 4.83. The van der Waals surface area contributed by atoms with E-state index in [1.807, 2.05) is 13.2 Å². The number of nitrogens with zero attached hydrogens (tertiary/aromatic N) is 1. The maximum atomic E-state index is 11.7. The first-order valence-corrected chi connectivity index (χ1v) is 6.63. The highest BCUT2D eigenvalue weighted by Crippen LogP contribution is 2.04. The molecular weight excluding hydrogens is 244 g/mol. The van der Waals surface area contributed by atoms with Crippen LogP contribution in [0.2, 0.25) is 0 Å². The quantitative estimate of drug-likeness (QED) is 0.638. The Bertz CT molecular complexity index is 273. The normalized spacial score (nSPS) is 15.8. The van der Waals surface area contributed by atoms with Crippen LogP contribution in [0.25, 0.3) is 0 Å². The van der Waals surface area contributed by atoms with E-state index in [1.165, 1.54) is 11.8 Å². The zero-order valence-electron chi connectivity index (χ0n) is 10.5. The lowest BCUT2D eigenvalue weighted by molar-refractivity contribution is -0.141. The average molecular weight is 264 g/mol. The van der Waals surface area contributed by atoms with Crippen molar-refractivity contribution in [3.63, 3.8) is 0 Å². The predicted molar refractivity (Wildman–Crippen MR) is 67.2 cm³/mol. The smallest absolute Gasteiger partial charge is 0.328 e. The lowest BCUT2D eigenvalue weighted by Gasteiger charge is -2.27. The Morgan fingerprint density at radius 3 is 2.29 bits per heavy atom. The molecule has 0 aromatic heterocycles. The van der Waals surface area contributed by atoms with Crippen LogP contribution in [0, 0.1) is 0 Å².